The number of halogens is 2. The average Bonchev–Trinajstić information content (AvgIpc) is 3.25. The van der Waals surface area contributed by atoms with Crippen LogP contribution in [0.5, 0.6) is 0 Å². The van der Waals surface area contributed by atoms with Crippen molar-refractivity contribution >= 4 is 46.8 Å². The molecule has 1 fully saturated rings. The molecule has 6 nitrogen and oxygen atoms in total. The van der Waals surface area contributed by atoms with Crippen molar-refractivity contribution in [2.24, 2.45) is 0 Å². The van der Waals surface area contributed by atoms with Crippen LogP contribution in [0.4, 0.5) is 0 Å². The Hall–Kier alpha value is -1.70. The molecule has 29 heavy (non-hydrogen) atoms. The Morgan fingerprint density at radius 2 is 2.07 bits per heavy atom. The molecule has 2 aromatic rings. The summed E-state index contributed by atoms with van der Waals surface area (Å²) in [5.74, 6) is 0.372. The number of thioether (sulfide) groups is 1. The number of carbonyl (C=O) groups is 2. The first kappa shape index (κ1) is 22.0. The molecule has 1 aliphatic rings. The summed E-state index contributed by atoms with van der Waals surface area (Å²) in [7, 11) is 0. The SMILES string of the molecule is CSCCC(NC(=O)c1ccc(Cl)cc1Cl)C(=O)N1CCC(n2ccnc2)CC1. The molecule has 3 rings (SSSR count). The second-order valence-electron chi connectivity index (χ2n) is 7.00. The van der Waals surface area contributed by atoms with Gasteiger partial charge >= 0.3 is 0 Å². The molecule has 1 aliphatic heterocycles. The molecule has 156 valence electrons. The first-order chi connectivity index (χ1) is 14.0. The van der Waals surface area contributed by atoms with Crippen molar-refractivity contribution in [3.05, 3.63) is 52.5 Å². The molecular weight excluding hydrogens is 431 g/mol. The van der Waals surface area contributed by atoms with E-state index in [9.17, 15) is 9.59 Å². The van der Waals surface area contributed by atoms with E-state index in [4.69, 9.17) is 23.2 Å². The normalized spacial score (nSPS) is 15.9. The highest BCUT2D eigenvalue weighted by Gasteiger charge is 2.30. The van der Waals surface area contributed by atoms with Gasteiger partial charge < -0.3 is 14.8 Å². The van der Waals surface area contributed by atoms with Crippen LogP contribution < -0.4 is 5.32 Å². The van der Waals surface area contributed by atoms with E-state index in [-0.39, 0.29) is 16.8 Å². The van der Waals surface area contributed by atoms with Crippen molar-refractivity contribution in [1.29, 1.82) is 0 Å². The smallest absolute Gasteiger partial charge is 0.253 e. The van der Waals surface area contributed by atoms with E-state index in [1.807, 2.05) is 23.7 Å². The fourth-order valence-electron chi connectivity index (χ4n) is 3.49. The molecule has 2 heterocycles. The van der Waals surface area contributed by atoms with Gasteiger partial charge in [0.1, 0.15) is 6.04 Å². The molecule has 2 amide bonds. The van der Waals surface area contributed by atoms with Gasteiger partial charge in [-0.3, -0.25) is 9.59 Å². The Bertz CT molecular complexity index is 839. The lowest BCUT2D eigenvalue weighted by molar-refractivity contribution is -0.134. The summed E-state index contributed by atoms with van der Waals surface area (Å²) in [6.45, 7) is 1.32. The lowest BCUT2D eigenvalue weighted by Crippen LogP contribution is -2.51. The van der Waals surface area contributed by atoms with Crippen molar-refractivity contribution in [2.45, 2.75) is 31.3 Å². The van der Waals surface area contributed by atoms with Crippen molar-refractivity contribution in [1.82, 2.24) is 19.8 Å². The van der Waals surface area contributed by atoms with E-state index < -0.39 is 6.04 Å². The Kier molecular flexibility index (Phi) is 7.86. The fraction of sp³-hybridized carbons (Fsp3) is 0.450. The predicted molar refractivity (Wildman–Crippen MR) is 118 cm³/mol. The molecule has 1 saturated heterocycles. The van der Waals surface area contributed by atoms with Gasteiger partial charge in [0.25, 0.3) is 5.91 Å². The molecule has 0 spiro atoms. The van der Waals surface area contributed by atoms with Crippen LogP contribution in [0.2, 0.25) is 10.0 Å². The molecule has 1 atom stereocenters. The Morgan fingerprint density at radius 1 is 1.31 bits per heavy atom. The van der Waals surface area contributed by atoms with E-state index in [0.29, 0.717) is 36.1 Å². The lowest BCUT2D eigenvalue weighted by atomic mass is 10.0. The third-order valence-corrected chi connectivity index (χ3v) is 6.30. The monoisotopic (exact) mass is 454 g/mol. The highest BCUT2D eigenvalue weighted by Crippen LogP contribution is 2.24. The molecule has 0 radical (unpaired) electrons. The van der Waals surface area contributed by atoms with Crippen molar-refractivity contribution in [2.75, 3.05) is 25.1 Å². The molecule has 1 aromatic heterocycles. The van der Waals surface area contributed by atoms with E-state index in [1.165, 1.54) is 6.07 Å². The maximum Gasteiger partial charge on any atom is 0.253 e. The van der Waals surface area contributed by atoms with E-state index >= 15 is 0 Å². The fourth-order valence-corrected chi connectivity index (χ4v) is 4.46. The third kappa shape index (κ3) is 5.68. The maximum atomic E-state index is 13.1. The minimum absolute atomic E-state index is 0.0402. The molecule has 0 bridgehead atoms. The number of carbonyl (C=O) groups excluding carboxylic acids is 2. The molecule has 1 aromatic carbocycles. The van der Waals surface area contributed by atoms with Crippen molar-refractivity contribution in [3.63, 3.8) is 0 Å². The van der Waals surface area contributed by atoms with Crippen LogP contribution >= 0.6 is 35.0 Å². The number of benzene rings is 1. The van der Waals surface area contributed by atoms with Crippen LogP contribution in [-0.2, 0) is 4.79 Å². The van der Waals surface area contributed by atoms with Gasteiger partial charge in [0.05, 0.1) is 16.9 Å². The number of hydrogen-bond acceptors (Lipinski definition) is 4. The van der Waals surface area contributed by atoms with Crippen LogP contribution in [0.25, 0.3) is 0 Å². The van der Waals surface area contributed by atoms with Gasteiger partial charge in [0.2, 0.25) is 5.91 Å². The minimum Gasteiger partial charge on any atom is -0.341 e. The molecule has 1 unspecified atom stereocenters. The second-order valence-corrected chi connectivity index (χ2v) is 8.83. The van der Waals surface area contributed by atoms with Crippen LogP contribution in [0.1, 0.15) is 35.7 Å². The zero-order chi connectivity index (χ0) is 20.8. The summed E-state index contributed by atoms with van der Waals surface area (Å²) in [5, 5.41) is 3.61. The van der Waals surface area contributed by atoms with Gasteiger partial charge in [0, 0.05) is 36.5 Å². The summed E-state index contributed by atoms with van der Waals surface area (Å²) < 4.78 is 2.09. The van der Waals surface area contributed by atoms with E-state index in [1.54, 1.807) is 30.1 Å². The van der Waals surface area contributed by atoms with Gasteiger partial charge in [-0.2, -0.15) is 11.8 Å². The Morgan fingerprint density at radius 3 is 2.69 bits per heavy atom. The number of amides is 2. The minimum atomic E-state index is -0.577. The van der Waals surface area contributed by atoms with Gasteiger partial charge in [-0.25, -0.2) is 4.98 Å². The molecule has 0 aliphatic carbocycles. The first-order valence-electron chi connectivity index (χ1n) is 9.50. The van der Waals surface area contributed by atoms with Gasteiger partial charge in [0.15, 0.2) is 0 Å². The van der Waals surface area contributed by atoms with Crippen LogP contribution in [0, 0.1) is 0 Å². The molecule has 1 N–H and O–H groups in total. The zero-order valence-corrected chi connectivity index (χ0v) is 18.5. The van der Waals surface area contributed by atoms with Gasteiger partial charge in [-0.05, 0) is 49.5 Å². The molecule has 9 heteroatoms. The number of nitrogens with zero attached hydrogens (tertiary/aromatic N) is 3. The summed E-state index contributed by atoms with van der Waals surface area (Å²) in [6, 6.07) is 4.49. The topological polar surface area (TPSA) is 67.2 Å². The highest BCUT2D eigenvalue weighted by atomic mass is 35.5. The van der Waals surface area contributed by atoms with Crippen LogP contribution in [0.3, 0.4) is 0 Å². The number of piperidine rings is 1. The quantitative estimate of drug-likeness (QED) is 0.688. The van der Waals surface area contributed by atoms with Gasteiger partial charge in [-0.1, -0.05) is 23.2 Å². The Labute approximate surface area is 184 Å². The molecular formula is C20H24Cl2N4O2S. The standard InChI is InChI=1S/C20H24Cl2N4O2S/c1-29-11-6-18(24-19(27)16-3-2-14(21)12-17(16)22)20(28)25-8-4-15(5-9-25)26-10-7-23-13-26/h2-3,7,10,12-13,15,18H,4-6,8-9,11H2,1H3,(H,24,27). The average molecular weight is 455 g/mol. The second kappa shape index (κ2) is 10.4. The van der Waals surface area contributed by atoms with E-state index in [0.717, 1.165) is 18.6 Å². The van der Waals surface area contributed by atoms with Crippen LogP contribution in [0.15, 0.2) is 36.9 Å². The third-order valence-electron chi connectivity index (χ3n) is 5.11. The number of aromatic nitrogens is 2. The Balaban J connectivity index is 1.64. The van der Waals surface area contributed by atoms with Crippen LogP contribution in [-0.4, -0.2) is 57.4 Å². The number of hydrogen-bond donors (Lipinski definition) is 1. The lowest BCUT2D eigenvalue weighted by Gasteiger charge is -2.35. The summed E-state index contributed by atoms with van der Waals surface area (Å²) >= 11 is 13.7. The summed E-state index contributed by atoms with van der Waals surface area (Å²) in [6.07, 6.45) is 9.84. The van der Waals surface area contributed by atoms with Crippen molar-refractivity contribution < 1.29 is 9.59 Å². The first-order valence-corrected chi connectivity index (χ1v) is 11.7. The number of likely N-dealkylation sites (tertiary alicyclic amines) is 1. The number of imidazole rings is 1. The summed E-state index contributed by atoms with van der Waals surface area (Å²) in [5.41, 5.74) is 0.317. The maximum absolute atomic E-state index is 13.1. The number of nitrogens with one attached hydrogen (secondary N) is 1. The molecule has 0 saturated carbocycles. The number of rotatable bonds is 7. The predicted octanol–water partition coefficient (Wildman–Crippen LogP) is 3.91. The van der Waals surface area contributed by atoms with Crippen molar-refractivity contribution in [3.8, 4) is 0 Å². The zero-order valence-electron chi connectivity index (χ0n) is 16.2. The summed E-state index contributed by atoms with van der Waals surface area (Å²) in [4.78, 5) is 31.8. The largest absolute Gasteiger partial charge is 0.341 e. The van der Waals surface area contributed by atoms with Gasteiger partial charge in [-0.15, -0.1) is 0 Å². The highest BCUT2D eigenvalue weighted by molar-refractivity contribution is 7.98. The van der Waals surface area contributed by atoms with E-state index in [2.05, 4.69) is 14.9 Å².